The third kappa shape index (κ3) is 4.63. The van der Waals surface area contributed by atoms with Crippen LogP contribution >= 0.6 is 0 Å². The molecule has 1 aliphatic heterocycles. The minimum Gasteiger partial charge on any atom is -0.494 e. The van der Waals surface area contributed by atoms with Gasteiger partial charge in [-0.3, -0.25) is 0 Å². The summed E-state index contributed by atoms with van der Waals surface area (Å²) < 4.78 is 16.2. The van der Waals surface area contributed by atoms with Crippen LogP contribution < -0.4 is 14.8 Å². The Labute approximate surface area is 208 Å². The van der Waals surface area contributed by atoms with Gasteiger partial charge in [-0.05, 0) is 61.5 Å². The molecule has 8 nitrogen and oxygen atoms in total. The molecule has 3 aromatic carbocycles. The van der Waals surface area contributed by atoms with Gasteiger partial charge < -0.3 is 29.6 Å². The average molecular weight is 486 g/mol. The zero-order valence-corrected chi connectivity index (χ0v) is 20.1. The number of ether oxygens (including phenoxy) is 3. The monoisotopic (exact) mass is 485 g/mol. The normalized spacial score (nSPS) is 12.8. The second-order valence-corrected chi connectivity index (χ2v) is 8.30. The minimum atomic E-state index is -0.419. The molecule has 3 N–H and O–H groups in total. The summed E-state index contributed by atoms with van der Waals surface area (Å²) in [4.78, 5) is 20.2. The average Bonchev–Trinajstić information content (AvgIpc) is 3.49. The van der Waals surface area contributed by atoms with E-state index in [9.17, 15) is 9.90 Å². The van der Waals surface area contributed by atoms with Crippen LogP contribution in [0.1, 0.15) is 40.9 Å². The molecular weight excluding hydrogens is 458 g/mol. The Morgan fingerprint density at radius 1 is 1.03 bits per heavy atom. The number of aliphatic imine (C=N–C) groups is 1. The first-order chi connectivity index (χ1) is 17.6. The molecule has 0 saturated carbocycles. The number of carbonyl (C=O) groups excluding carboxylic acids is 1. The maximum Gasteiger partial charge on any atom is 0.338 e. The molecule has 1 aromatic heterocycles. The molecule has 2 heterocycles. The molecule has 5 rings (SSSR count). The largest absolute Gasteiger partial charge is 0.494 e. The summed E-state index contributed by atoms with van der Waals surface area (Å²) in [6.45, 7) is 5.95. The molecule has 0 amide bonds. The summed E-state index contributed by atoms with van der Waals surface area (Å²) >= 11 is 0. The highest BCUT2D eigenvalue weighted by Gasteiger charge is 2.22. The first-order valence-corrected chi connectivity index (χ1v) is 11.9. The summed E-state index contributed by atoms with van der Waals surface area (Å²) in [6.07, 6.45) is 0. The van der Waals surface area contributed by atoms with Crippen LogP contribution in [-0.4, -0.2) is 41.7 Å². The van der Waals surface area contributed by atoms with E-state index in [-0.39, 0.29) is 19.3 Å². The number of esters is 1. The summed E-state index contributed by atoms with van der Waals surface area (Å²) in [5, 5.41) is 15.0. The fourth-order valence-electron chi connectivity index (χ4n) is 4.16. The van der Waals surface area contributed by atoms with Crippen LogP contribution in [0.5, 0.6) is 17.4 Å². The van der Waals surface area contributed by atoms with Gasteiger partial charge in [-0.15, -0.1) is 0 Å². The predicted octanol–water partition coefficient (Wildman–Crippen LogP) is 5.06. The smallest absolute Gasteiger partial charge is 0.338 e. The molecule has 0 aliphatic carbocycles. The van der Waals surface area contributed by atoms with E-state index >= 15 is 0 Å². The number of aromatic nitrogens is 1. The molecule has 0 spiro atoms. The molecular formula is C28H27N3O5. The lowest BCUT2D eigenvalue weighted by atomic mass is 9.99. The molecule has 0 radical (unpaired) electrons. The van der Waals surface area contributed by atoms with Crippen molar-refractivity contribution >= 4 is 28.3 Å². The quantitative estimate of drug-likeness (QED) is 0.238. The second-order valence-electron chi connectivity index (χ2n) is 8.30. The standard InChI is InChI=1S/C28H27N3O5/c1-3-29-15-17-5-9-20(10-6-17)30-26(18-8-12-23-24(14-18)36-16-35-23)25-21-11-7-19(28(33)34-4-2)13-22(21)31-27(25)32/h5-14,29,31-32H,3-4,15-16H2,1-2H3. The first-order valence-electron chi connectivity index (χ1n) is 11.9. The van der Waals surface area contributed by atoms with Crippen molar-refractivity contribution in [1.29, 1.82) is 0 Å². The molecule has 1 aliphatic rings. The van der Waals surface area contributed by atoms with Gasteiger partial charge in [-0.25, -0.2) is 9.79 Å². The fourth-order valence-corrected chi connectivity index (χ4v) is 4.16. The molecule has 0 bridgehead atoms. The number of aromatic amines is 1. The number of aromatic hydroxyl groups is 1. The van der Waals surface area contributed by atoms with Crippen LogP contribution in [-0.2, 0) is 11.3 Å². The van der Waals surface area contributed by atoms with E-state index in [1.54, 1.807) is 25.1 Å². The second kappa shape index (κ2) is 10.1. The van der Waals surface area contributed by atoms with Crippen molar-refractivity contribution in [2.24, 2.45) is 4.99 Å². The van der Waals surface area contributed by atoms with E-state index in [1.165, 1.54) is 0 Å². The zero-order chi connectivity index (χ0) is 25.1. The van der Waals surface area contributed by atoms with Crippen molar-refractivity contribution in [3.8, 4) is 17.4 Å². The number of nitrogens with zero attached hydrogens (tertiary/aromatic N) is 1. The van der Waals surface area contributed by atoms with Crippen molar-refractivity contribution in [3.05, 3.63) is 82.9 Å². The molecule has 0 atom stereocenters. The van der Waals surface area contributed by atoms with Crippen molar-refractivity contribution < 1.29 is 24.1 Å². The van der Waals surface area contributed by atoms with Crippen molar-refractivity contribution in [2.45, 2.75) is 20.4 Å². The maximum atomic E-state index is 12.2. The highest BCUT2D eigenvalue weighted by atomic mass is 16.7. The molecule has 4 aromatic rings. The van der Waals surface area contributed by atoms with Crippen molar-refractivity contribution in [1.82, 2.24) is 10.3 Å². The Kier molecular flexibility index (Phi) is 6.60. The van der Waals surface area contributed by atoms with Gasteiger partial charge in [0.1, 0.15) is 0 Å². The Morgan fingerprint density at radius 3 is 2.58 bits per heavy atom. The summed E-state index contributed by atoms with van der Waals surface area (Å²) in [6, 6.07) is 18.7. The number of hydrogen-bond acceptors (Lipinski definition) is 7. The molecule has 36 heavy (non-hydrogen) atoms. The summed E-state index contributed by atoms with van der Waals surface area (Å²) in [7, 11) is 0. The number of hydrogen-bond donors (Lipinski definition) is 3. The Morgan fingerprint density at radius 2 is 1.81 bits per heavy atom. The molecule has 0 unspecified atom stereocenters. The zero-order valence-electron chi connectivity index (χ0n) is 20.1. The van der Waals surface area contributed by atoms with E-state index in [1.807, 2.05) is 42.5 Å². The molecule has 184 valence electrons. The Bertz CT molecular complexity index is 1440. The third-order valence-electron chi connectivity index (χ3n) is 5.93. The molecule has 8 heteroatoms. The highest BCUT2D eigenvalue weighted by Crippen LogP contribution is 2.37. The van der Waals surface area contributed by atoms with E-state index in [2.05, 4.69) is 17.2 Å². The van der Waals surface area contributed by atoms with E-state index in [0.717, 1.165) is 35.3 Å². The number of fused-ring (bicyclic) bond motifs is 2. The van der Waals surface area contributed by atoms with Crippen LogP contribution in [0.15, 0.2) is 65.7 Å². The van der Waals surface area contributed by atoms with Gasteiger partial charge >= 0.3 is 5.97 Å². The van der Waals surface area contributed by atoms with Crippen LogP contribution in [0.25, 0.3) is 10.9 Å². The fraction of sp³-hybridized carbons (Fsp3) is 0.214. The molecule has 0 saturated heterocycles. The first kappa shape index (κ1) is 23.4. The Balaban J connectivity index is 1.62. The minimum absolute atomic E-state index is 0.0498. The van der Waals surface area contributed by atoms with Crippen LogP contribution in [0.4, 0.5) is 5.69 Å². The number of rotatable bonds is 8. The van der Waals surface area contributed by atoms with Gasteiger partial charge in [0.25, 0.3) is 0 Å². The van der Waals surface area contributed by atoms with Crippen LogP contribution in [0, 0.1) is 0 Å². The third-order valence-corrected chi connectivity index (χ3v) is 5.93. The lowest BCUT2D eigenvalue weighted by Gasteiger charge is -2.10. The SMILES string of the molecule is CCNCc1ccc(N=C(c2ccc3c(c2)OCO3)c2c(O)[nH]c3cc(C(=O)OCC)ccc23)cc1. The van der Waals surface area contributed by atoms with E-state index in [0.29, 0.717) is 33.9 Å². The van der Waals surface area contributed by atoms with Gasteiger partial charge in [-0.1, -0.05) is 25.1 Å². The summed E-state index contributed by atoms with van der Waals surface area (Å²) in [5.74, 6) is 0.807. The van der Waals surface area contributed by atoms with Gasteiger partial charge in [0, 0.05) is 23.0 Å². The van der Waals surface area contributed by atoms with Crippen molar-refractivity contribution in [3.63, 3.8) is 0 Å². The van der Waals surface area contributed by atoms with E-state index < -0.39 is 5.97 Å². The Hall–Kier alpha value is -4.30. The van der Waals surface area contributed by atoms with Gasteiger partial charge in [-0.2, -0.15) is 0 Å². The van der Waals surface area contributed by atoms with Crippen LogP contribution in [0.2, 0.25) is 0 Å². The number of H-pyrrole nitrogens is 1. The number of carbonyl (C=O) groups is 1. The van der Waals surface area contributed by atoms with Gasteiger partial charge in [0.15, 0.2) is 17.4 Å². The topological polar surface area (TPSA) is 105 Å². The van der Waals surface area contributed by atoms with Gasteiger partial charge in [0.05, 0.1) is 29.1 Å². The lowest BCUT2D eigenvalue weighted by molar-refractivity contribution is 0.0526. The summed E-state index contributed by atoms with van der Waals surface area (Å²) in [5.41, 5.74) is 4.72. The maximum absolute atomic E-state index is 12.2. The highest BCUT2D eigenvalue weighted by molar-refractivity contribution is 6.22. The van der Waals surface area contributed by atoms with E-state index in [4.69, 9.17) is 19.2 Å². The molecule has 0 fully saturated rings. The lowest BCUT2D eigenvalue weighted by Crippen LogP contribution is -2.11. The number of benzene rings is 3. The van der Waals surface area contributed by atoms with Crippen molar-refractivity contribution in [2.75, 3.05) is 19.9 Å². The number of nitrogens with one attached hydrogen (secondary N) is 2. The van der Waals surface area contributed by atoms with Gasteiger partial charge in [0.2, 0.25) is 6.79 Å². The van der Waals surface area contributed by atoms with Crippen LogP contribution in [0.3, 0.4) is 0 Å². The predicted molar refractivity (Wildman–Crippen MR) is 138 cm³/mol.